The molecule has 3 nitrogen and oxygen atoms in total. The van der Waals surface area contributed by atoms with Crippen LogP contribution in [0, 0.1) is 0 Å². The summed E-state index contributed by atoms with van der Waals surface area (Å²) in [6, 6.07) is 7.25. The number of benzene rings is 1. The maximum absolute atomic E-state index is 12.6. The minimum absolute atomic E-state index is 0.130. The molecule has 0 atom stereocenters. The molecule has 0 unspecified atom stereocenters. The molecule has 0 N–H and O–H groups in total. The molecule has 2 rings (SSSR count). The predicted octanol–water partition coefficient (Wildman–Crippen LogP) is 5.51. The Balaban J connectivity index is 2.09. The minimum Gasteiger partial charge on any atom is -0.463 e. The smallest absolute Gasteiger partial charge is 0.330 e. The predicted molar refractivity (Wildman–Crippen MR) is 112 cm³/mol. The van der Waals surface area contributed by atoms with Crippen molar-refractivity contribution in [1.29, 1.82) is 0 Å². The zero-order valence-electron chi connectivity index (χ0n) is 14.6. The first-order chi connectivity index (χ1) is 12.6. The number of unbranched alkanes of at least 4 members (excludes halogenated alkanes) is 1. The van der Waals surface area contributed by atoms with Gasteiger partial charge in [0.1, 0.15) is 0 Å². The summed E-state index contributed by atoms with van der Waals surface area (Å²) in [5, 5.41) is 0.652. The van der Waals surface area contributed by atoms with Crippen molar-refractivity contribution in [2.45, 2.75) is 19.8 Å². The van der Waals surface area contributed by atoms with Crippen LogP contribution >= 0.6 is 35.1 Å². The van der Waals surface area contributed by atoms with Crippen LogP contribution in [-0.4, -0.2) is 29.9 Å². The highest BCUT2D eigenvalue weighted by atomic mass is 35.5. The molecule has 1 heterocycles. The van der Waals surface area contributed by atoms with Gasteiger partial charge in [-0.15, -0.1) is 23.5 Å². The van der Waals surface area contributed by atoms with E-state index in [1.807, 2.05) is 19.1 Å². The fourth-order valence-corrected chi connectivity index (χ4v) is 4.71. The normalized spacial score (nSPS) is 14.3. The third kappa shape index (κ3) is 7.06. The molecule has 0 amide bonds. The number of carbonyl (C=O) groups excluding carboxylic acids is 2. The van der Waals surface area contributed by atoms with E-state index >= 15 is 0 Å². The Labute approximate surface area is 167 Å². The molecule has 0 saturated carbocycles. The molecule has 1 aromatic carbocycles. The molecular formula is C20H21ClO3S2. The number of carbonyl (C=O) groups is 2. The summed E-state index contributed by atoms with van der Waals surface area (Å²) in [5.74, 6) is 1.38. The standard InChI is InChI=1S/C20H21ClO3S2/c1-2-3-12-24-19(23)11-9-17(20-25-13-14-26-20)18(22)10-6-15-4-7-16(21)8-5-15/h4-11H,2-3,12-14H2,1H3/b10-6+,11-9+. The lowest BCUT2D eigenvalue weighted by Crippen LogP contribution is -2.03. The Morgan fingerprint density at radius 2 is 1.81 bits per heavy atom. The van der Waals surface area contributed by atoms with Crippen LogP contribution in [0.1, 0.15) is 25.3 Å². The van der Waals surface area contributed by atoms with Crippen molar-refractivity contribution < 1.29 is 14.3 Å². The number of rotatable bonds is 8. The van der Waals surface area contributed by atoms with E-state index < -0.39 is 5.97 Å². The quantitative estimate of drug-likeness (QED) is 0.322. The molecule has 1 aliphatic heterocycles. The number of ketones is 1. The summed E-state index contributed by atoms with van der Waals surface area (Å²) in [6.45, 7) is 2.44. The van der Waals surface area contributed by atoms with Crippen LogP contribution in [0.4, 0.5) is 0 Å². The van der Waals surface area contributed by atoms with Crippen molar-refractivity contribution in [3.8, 4) is 0 Å². The fraction of sp³-hybridized carbons (Fsp3) is 0.300. The van der Waals surface area contributed by atoms with E-state index in [1.165, 1.54) is 12.2 Å². The SMILES string of the molecule is CCCCOC(=O)/C=C/C(C(=O)/C=C/c1ccc(Cl)cc1)=C1SCCS1. The van der Waals surface area contributed by atoms with Gasteiger partial charge < -0.3 is 4.74 Å². The van der Waals surface area contributed by atoms with E-state index in [1.54, 1.807) is 47.8 Å². The summed E-state index contributed by atoms with van der Waals surface area (Å²) in [4.78, 5) is 24.4. The monoisotopic (exact) mass is 408 g/mol. The van der Waals surface area contributed by atoms with Gasteiger partial charge in [-0.25, -0.2) is 4.79 Å². The summed E-state index contributed by atoms with van der Waals surface area (Å²) in [5.41, 5.74) is 1.43. The third-order valence-corrected chi connectivity index (χ3v) is 6.46. The van der Waals surface area contributed by atoms with E-state index in [0.717, 1.165) is 34.1 Å². The van der Waals surface area contributed by atoms with Crippen LogP contribution in [0.2, 0.25) is 5.02 Å². The maximum atomic E-state index is 12.6. The van der Waals surface area contributed by atoms with Gasteiger partial charge in [0.25, 0.3) is 0 Å². The molecule has 1 saturated heterocycles. The number of halogens is 1. The zero-order chi connectivity index (χ0) is 18.8. The molecular weight excluding hydrogens is 388 g/mol. The van der Waals surface area contributed by atoms with Crippen molar-refractivity contribution in [2.75, 3.05) is 18.1 Å². The second-order valence-corrected chi connectivity index (χ2v) is 8.41. The summed E-state index contributed by atoms with van der Waals surface area (Å²) in [7, 11) is 0. The second kappa shape index (κ2) is 11.3. The summed E-state index contributed by atoms with van der Waals surface area (Å²) >= 11 is 9.16. The van der Waals surface area contributed by atoms with E-state index in [-0.39, 0.29) is 5.78 Å². The van der Waals surface area contributed by atoms with Gasteiger partial charge in [0.15, 0.2) is 5.78 Å². The largest absolute Gasteiger partial charge is 0.463 e. The zero-order valence-corrected chi connectivity index (χ0v) is 17.0. The lowest BCUT2D eigenvalue weighted by Gasteiger charge is -2.03. The highest BCUT2D eigenvalue weighted by molar-refractivity contribution is 8.25. The van der Waals surface area contributed by atoms with Crippen molar-refractivity contribution in [2.24, 2.45) is 0 Å². The van der Waals surface area contributed by atoms with Gasteiger partial charge in [-0.1, -0.05) is 43.2 Å². The molecule has 6 heteroatoms. The fourth-order valence-electron chi connectivity index (χ4n) is 2.07. The van der Waals surface area contributed by atoms with E-state index in [2.05, 4.69) is 0 Å². The Hall–Kier alpha value is -1.43. The number of hydrogen-bond acceptors (Lipinski definition) is 5. The minimum atomic E-state index is -0.418. The highest BCUT2D eigenvalue weighted by Crippen LogP contribution is 2.39. The Morgan fingerprint density at radius 3 is 2.46 bits per heavy atom. The number of thioether (sulfide) groups is 2. The Morgan fingerprint density at radius 1 is 1.12 bits per heavy atom. The highest BCUT2D eigenvalue weighted by Gasteiger charge is 2.17. The molecule has 26 heavy (non-hydrogen) atoms. The number of hydrogen-bond donors (Lipinski definition) is 0. The van der Waals surface area contributed by atoms with Crippen LogP contribution in [0.25, 0.3) is 6.08 Å². The van der Waals surface area contributed by atoms with Gasteiger partial charge in [-0.2, -0.15) is 0 Å². The van der Waals surface area contributed by atoms with Crippen LogP contribution in [0.5, 0.6) is 0 Å². The Bertz CT molecular complexity index is 713. The lowest BCUT2D eigenvalue weighted by atomic mass is 10.1. The molecule has 1 fully saturated rings. The van der Waals surface area contributed by atoms with Gasteiger partial charge in [-0.3, -0.25) is 4.79 Å². The molecule has 138 valence electrons. The number of esters is 1. The van der Waals surface area contributed by atoms with E-state index in [0.29, 0.717) is 17.2 Å². The first-order valence-corrected chi connectivity index (χ1v) is 10.8. The maximum Gasteiger partial charge on any atom is 0.330 e. The molecule has 0 radical (unpaired) electrons. The van der Waals surface area contributed by atoms with Crippen LogP contribution < -0.4 is 0 Å². The molecule has 0 aromatic heterocycles. The topological polar surface area (TPSA) is 43.4 Å². The van der Waals surface area contributed by atoms with Gasteiger partial charge in [0.2, 0.25) is 0 Å². The van der Waals surface area contributed by atoms with Crippen molar-refractivity contribution >= 4 is 53.0 Å². The third-order valence-electron chi connectivity index (χ3n) is 3.46. The lowest BCUT2D eigenvalue weighted by molar-refractivity contribution is -0.137. The van der Waals surface area contributed by atoms with E-state index in [9.17, 15) is 9.59 Å². The molecule has 1 aromatic rings. The summed E-state index contributed by atoms with van der Waals surface area (Å²) in [6.07, 6.45) is 7.99. The molecule has 0 spiro atoms. The van der Waals surface area contributed by atoms with Crippen molar-refractivity contribution in [1.82, 2.24) is 0 Å². The van der Waals surface area contributed by atoms with Crippen LogP contribution in [0.15, 0.2) is 52.3 Å². The molecule has 0 aliphatic carbocycles. The first kappa shape index (κ1) is 20.9. The summed E-state index contributed by atoms with van der Waals surface area (Å²) < 4.78 is 6.06. The molecule has 0 bridgehead atoms. The Kier molecular flexibility index (Phi) is 9.09. The first-order valence-electron chi connectivity index (χ1n) is 8.43. The van der Waals surface area contributed by atoms with Crippen LogP contribution in [0.3, 0.4) is 0 Å². The van der Waals surface area contributed by atoms with Gasteiger partial charge in [0.05, 0.1) is 10.8 Å². The van der Waals surface area contributed by atoms with Gasteiger partial charge in [0, 0.05) is 28.2 Å². The van der Waals surface area contributed by atoms with Gasteiger partial charge >= 0.3 is 5.97 Å². The molecule has 1 aliphatic rings. The number of ether oxygens (including phenoxy) is 1. The van der Waals surface area contributed by atoms with Gasteiger partial charge in [-0.05, 0) is 36.3 Å². The van der Waals surface area contributed by atoms with Crippen LogP contribution in [-0.2, 0) is 14.3 Å². The van der Waals surface area contributed by atoms with E-state index in [4.69, 9.17) is 16.3 Å². The average molecular weight is 409 g/mol. The average Bonchev–Trinajstić information content (AvgIpc) is 3.16. The second-order valence-electron chi connectivity index (χ2n) is 5.50. The van der Waals surface area contributed by atoms with Crippen molar-refractivity contribution in [3.63, 3.8) is 0 Å². The number of allylic oxidation sites excluding steroid dienone is 3. The van der Waals surface area contributed by atoms with Crippen molar-refractivity contribution in [3.05, 3.63) is 62.9 Å².